The van der Waals surface area contributed by atoms with Gasteiger partial charge in [0.15, 0.2) is 11.9 Å². The van der Waals surface area contributed by atoms with Gasteiger partial charge in [0.2, 0.25) is 0 Å². The van der Waals surface area contributed by atoms with Gasteiger partial charge in [-0.05, 0) is 37.3 Å². The first kappa shape index (κ1) is 17.7. The van der Waals surface area contributed by atoms with E-state index in [4.69, 9.17) is 14.3 Å². The third-order valence-corrected chi connectivity index (χ3v) is 3.94. The predicted molar refractivity (Wildman–Crippen MR) is 91.0 cm³/mol. The van der Waals surface area contributed by atoms with Crippen LogP contribution < -0.4 is 5.32 Å². The highest BCUT2D eigenvalue weighted by Gasteiger charge is 2.33. The number of nitrogens with zero attached hydrogens (tertiary/aromatic N) is 1. The van der Waals surface area contributed by atoms with Crippen molar-refractivity contribution in [3.05, 3.63) is 54.0 Å². The molecule has 2 aromatic rings. The number of anilines is 1. The van der Waals surface area contributed by atoms with Gasteiger partial charge in [-0.1, -0.05) is 6.07 Å². The highest BCUT2D eigenvalue weighted by atomic mass is 16.5. The standard InChI is InChI=1S/C18H18N2O6/c1-11-9-20(10-15(26-11)18(23)24)17(22)12-4-2-5-13(8-12)19-16(21)14-6-3-7-25-14/h2-8,11,15H,9-10H2,1H3,(H,19,21)(H,23,24)/t11-,15?/m1/s1. The molecule has 2 heterocycles. The molecule has 8 nitrogen and oxygen atoms in total. The molecule has 8 heteroatoms. The second-order valence-electron chi connectivity index (χ2n) is 6.00. The number of carboxylic acids is 1. The molecular formula is C18H18N2O6. The molecule has 2 amide bonds. The number of ether oxygens (including phenoxy) is 1. The fourth-order valence-corrected chi connectivity index (χ4v) is 2.77. The van der Waals surface area contributed by atoms with E-state index >= 15 is 0 Å². The summed E-state index contributed by atoms with van der Waals surface area (Å²) < 4.78 is 10.4. The van der Waals surface area contributed by atoms with E-state index in [0.717, 1.165) is 0 Å². The maximum absolute atomic E-state index is 12.7. The van der Waals surface area contributed by atoms with Crippen molar-refractivity contribution in [2.75, 3.05) is 18.4 Å². The number of benzene rings is 1. The largest absolute Gasteiger partial charge is 0.479 e. The van der Waals surface area contributed by atoms with Crippen molar-refractivity contribution in [3.63, 3.8) is 0 Å². The molecule has 0 bridgehead atoms. The molecule has 0 radical (unpaired) electrons. The summed E-state index contributed by atoms with van der Waals surface area (Å²) in [6.07, 6.45) is -0.0342. The van der Waals surface area contributed by atoms with Gasteiger partial charge in [0.05, 0.1) is 18.9 Å². The van der Waals surface area contributed by atoms with Crippen molar-refractivity contribution in [2.45, 2.75) is 19.1 Å². The van der Waals surface area contributed by atoms with E-state index in [9.17, 15) is 14.4 Å². The Morgan fingerprint density at radius 3 is 2.69 bits per heavy atom. The van der Waals surface area contributed by atoms with Crippen LogP contribution in [0.2, 0.25) is 0 Å². The summed E-state index contributed by atoms with van der Waals surface area (Å²) in [4.78, 5) is 37.4. The number of carbonyl (C=O) groups excluding carboxylic acids is 2. The Balaban J connectivity index is 1.73. The van der Waals surface area contributed by atoms with Gasteiger partial charge in [-0.3, -0.25) is 9.59 Å². The van der Waals surface area contributed by atoms with Gasteiger partial charge in [-0.25, -0.2) is 4.79 Å². The summed E-state index contributed by atoms with van der Waals surface area (Å²) in [6, 6.07) is 9.59. The summed E-state index contributed by atoms with van der Waals surface area (Å²) in [7, 11) is 0. The van der Waals surface area contributed by atoms with Gasteiger partial charge >= 0.3 is 5.97 Å². The Morgan fingerprint density at radius 2 is 2.00 bits per heavy atom. The third-order valence-electron chi connectivity index (χ3n) is 3.94. The molecule has 1 aromatic heterocycles. The van der Waals surface area contributed by atoms with Crippen LogP contribution in [0.5, 0.6) is 0 Å². The van der Waals surface area contributed by atoms with Crippen LogP contribution in [0.3, 0.4) is 0 Å². The molecule has 1 fully saturated rings. The SMILES string of the molecule is C[C@@H]1CN(C(=O)c2cccc(NC(=O)c3ccco3)c2)CC(C(=O)O)O1. The minimum Gasteiger partial charge on any atom is -0.479 e. The number of furan rings is 1. The molecule has 0 saturated carbocycles. The Bertz CT molecular complexity index is 817. The number of hydrogen-bond acceptors (Lipinski definition) is 5. The molecule has 2 N–H and O–H groups in total. The van der Waals surface area contributed by atoms with Crippen LogP contribution >= 0.6 is 0 Å². The lowest BCUT2D eigenvalue weighted by Crippen LogP contribution is -2.51. The van der Waals surface area contributed by atoms with Crippen LogP contribution in [0.25, 0.3) is 0 Å². The molecule has 3 rings (SSSR count). The molecule has 136 valence electrons. The molecule has 0 spiro atoms. The molecule has 2 atom stereocenters. The van der Waals surface area contributed by atoms with Crippen LogP contribution in [-0.2, 0) is 9.53 Å². The third kappa shape index (κ3) is 3.92. The fraction of sp³-hybridized carbons (Fsp3) is 0.278. The summed E-state index contributed by atoms with van der Waals surface area (Å²) >= 11 is 0. The van der Waals surface area contributed by atoms with E-state index in [1.54, 1.807) is 37.3 Å². The first-order valence-corrected chi connectivity index (χ1v) is 8.06. The molecule has 26 heavy (non-hydrogen) atoms. The molecule has 1 aromatic carbocycles. The molecule has 1 aliphatic rings. The van der Waals surface area contributed by atoms with Gasteiger partial charge in [0.1, 0.15) is 0 Å². The summed E-state index contributed by atoms with van der Waals surface area (Å²) in [6.45, 7) is 1.99. The smallest absolute Gasteiger partial charge is 0.334 e. The number of carbonyl (C=O) groups is 3. The Kier molecular flexibility index (Phi) is 5.04. The van der Waals surface area contributed by atoms with Gasteiger partial charge < -0.3 is 24.5 Å². The van der Waals surface area contributed by atoms with Gasteiger partial charge in [-0.2, -0.15) is 0 Å². The van der Waals surface area contributed by atoms with E-state index in [0.29, 0.717) is 17.8 Å². The lowest BCUT2D eigenvalue weighted by atomic mass is 10.1. The Hall–Kier alpha value is -3.13. The van der Waals surface area contributed by atoms with Crippen molar-refractivity contribution in [3.8, 4) is 0 Å². The quantitative estimate of drug-likeness (QED) is 0.863. The highest BCUT2D eigenvalue weighted by molar-refractivity contribution is 6.03. The van der Waals surface area contributed by atoms with E-state index in [1.165, 1.54) is 17.2 Å². The maximum atomic E-state index is 12.7. The van der Waals surface area contributed by atoms with Crippen molar-refractivity contribution in [1.29, 1.82) is 0 Å². The van der Waals surface area contributed by atoms with Crippen LogP contribution in [0, 0.1) is 0 Å². The fourth-order valence-electron chi connectivity index (χ4n) is 2.77. The second kappa shape index (κ2) is 7.40. The normalized spacial score (nSPS) is 19.8. The Morgan fingerprint density at radius 1 is 1.19 bits per heavy atom. The van der Waals surface area contributed by atoms with E-state index in [1.807, 2.05) is 0 Å². The molecule has 1 unspecified atom stereocenters. The van der Waals surface area contributed by atoms with Gasteiger partial charge in [0, 0.05) is 17.8 Å². The minimum absolute atomic E-state index is 0.0263. The molecule has 1 saturated heterocycles. The van der Waals surface area contributed by atoms with Crippen molar-refractivity contribution in [1.82, 2.24) is 4.90 Å². The maximum Gasteiger partial charge on any atom is 0.334 e. The number of aliphatic carboxylic acids is 1. The average molecular weight is 358 g/mol. The summed E-state index contributed by atoms with van der Waals surface area (Å²) in [5.74, 6) is -1.69. The van der Waals surface area contributed by atoms with Crippen molar-refractivity contribution >= 4 is 23.5 Å². The summed E-state index contributed by atoms with van der Waals surface area (Å²) in [5.41, 5.74) is 0.786. The Labute approximate surface area is 149 Å². The van der Waals surface area contributed by atoms with E-state index < -0.39 is 18.0 Å². The van der Waals surface area contributed by atoms with Crippen molar-refractivity contribution < 1.29 is 28.6 Å². The average Bonchev–Trinajstić information content (AvgIpc) is 3.15. The van der Waals surface area contributed by atoms with Crippen LogP contribution in [0.4, 0.5) is 5.69 Å². The molecule has 0 aliphatic carbocycles. The van der Waals surface area contributed by atoms with Gasteiger partial charge in [0.25, 0.3) is 11.8 Å². The summed E-state index contributed by atoms with van der Waals surface area (Å²) in [5, 5.41) is 11.8. The van der Waals surface area contributed by atoms with Crippen molar-refractivity contribution in [2.24, 2.45) is 0 Å². The number of nitrogens with one attached hydrogen (secondary N) is 1. The number of amides is 2. The van der Waals surface area contributed by atoms with Crippen LogP contribution in [-0.4, -0.2) is 53.1 Å². The zero-order valence-corrected chi connectivity index (χ0v) is 14.0. The molecule has 1 aliphatic heterocycles. The number of rotatable bonds is 4. The number of morpholine rings is 1. The van der Waals surface area contributed by atoms with Crippen LogP contribution in [0.15, 0.2) is 47.1 Å². The minimum atomic E-state index is -1.10. The highest BCUT2D eigenvalue weighted by Crippen LogP contribution is 2.18. The van der Waals surface area contributed by atoms with Gasteiger partial charge in [-0.15, -0.1) is 0 Å². The second-order valence-corrected chi connectivity index (χ2v) is 6.00. The zero-order chi connectivity index (χ0) is 18.7. The first-order chi connectivity index (χ1) is 12.4. The number of carboxylic acid groups (broad SMARTS) is 1. The zero-order valence-electron chi connectivity index (χ0n) is 14.0. The van der Waals surface area contributed by atoms with E-state index in [-0.39, 0.29) is 24.3 Å². The molecular weight excluding hydrogens is 340 g/mol. The topological polar surface area (TPSA) is 109 Å². The monoisotopic (exact) mass is 358 g/mol. The predicted octanol–water partition coefficient (Wildman–Crippen LogP) is 1.85. The lowest BCUT2D eigenvalue weighted by molar-refractivity contribution is -0.160. The van der Waals surface area contributed by atoms with Crippen LogP contribution in [0.1, 0.15) is 27.8 Å². The lowest BCUT2D eigenvalue weighted by Gasteiger charge is -2.35. The first-order valence-electron chi connectivity index (χ1n) is 8.06. The number of hydrogen-bond donors (Lipinski definition) is 2. The van der Waals surface area contributed by atoms with E-state index in [2.05, 4.69) is 5.32 Å².